The van der Waals surface area contributed by atoms with Crippen LogP contribution in [-0.2, 0) is 9.05 Å². The molecule has 3 nitrogen and oxygen atoms in total. The van der Waals surface area contributed by atoms with E-state index in [0.717, 1.165) is 25.7 Å². The van der Waals surface area contributed by atoms with Gasteiger partial charge in [-0.25, -0.2) is 8.42 Å². The van der Waals surface area contributed by atoms with Crippen LogP contribution < -0.4 is 4.74 Å². The van der Waals surface area contributed by atoms with Crippen molar-refractivity contribution in [3.63, 3.8) is 0 Å². The van der Waals surface area contributed by atoms with Gasteiger partial charge in [0.2, 0.25) is 0 Å². The number of benzene rings is 1. The Morgan fingerprint density at radius 3 is 2.55 bits per heavy atom. The summed E-state index contributed by atoms with van der Waals surface area (Å²) in [5.41, 5.74) is 0. The van der Waals surface area contributed by atoms with E-state index >= 15 is 0 Å². The quantitative estimate of drug-likeness (QED) is 0.635. The molecule has 1 aromatic carbocycles. The van der Waals surface area contributed by atoms with E-state index in [1.165, 1.54) is 6.07 Å². The van der Waals surface area contributed by atoms with Gasteiger partial charge >= 0.3 is 0 Å². The van der Waals surface area contributed by atoms with Gasteiger partial charge < -0.3 is 4.74 Å². The van der Waals surface area contributed by atoms with Gasteiger partial charge in [-0.05, 0) is 30.5 Å². The Balaban J connectivity index is 2.82. The Labute approximate surface area is 130 Å². The van der Waals surface area contributed by atoms with E-state index in [2.05, 4.69) is 13.8 Å². The molecule has 20 heavy (non-hydrogen) atoms. The van der Waals surface area contributed by atoms with Crippen LogP contribution in [0.3, 0.4) is 0 Å². The van der Waals surface area contributed by atoms with Crippen molar-refractivity contribution in [2.45, 2.75) is 44.4 Å². The lowest BCUT2D eigenvalue weighted by Gasteiger charge is -2.16. The molecular formula is C14H20Cl2O3S. The van der Waals surface area contributed by atoms with E-state index in [1.54, 1.807) is 12.1 Å². The zero-order chi connectivity index (χ0) is 15.2. The average molecular weight is 339 g/mol. The summed E-state index contributed by atoms with van der Waals surface area (Å²) in [4.78, 5) is -0.0722. The number of halogens is 2. The number of unbranched alkanes of at least 4 members (excludes halogenated alkanes) is 1. The summed E-state index contributed by atoms with van der Waals surface area (Å²) in [5, 5.41) is 0.314. The largest absolute Gasteiger partial charge is 0.492 e. The molecule has 0 bridgehead atoms. The first-order valence-corrected chi connectivity index (χ1v) is 9.44. The van der Waals surface area contributed by atoms with Crippen LogP contribution in [0.1, 0.15) is 39.5 Å². The second-order valence-corrected chi connectivity index (χ2v) is 7.73. The first-order chi connectivity index (χ1) is 9.38. The summed E-state index contributed by atoms with van der Waals surface area (Å²) in [7, 11) is 1.54. The molecule has 0 aliphatic heterocycles. The van der Waals surface area contributed by atoms with Crippen molar-refractivity contribution in [3.05, 3.63) is 23.2 Å². The molecule has 6 heteroatoms. The predicted octanol–water partition coefficient (Wildman–Crippen LogP) is 4.86. The van der Waals surface area contributed by atoms with Crippen molar-refractivity contribution in [3.8, 4) is 5.75 Å². The molecular weight excluding hydrogens is 319 g/mol. The number of ether oxygens (including phenoxy) is 1. The van der Waals surface area contributed by atoms with E-state index in [0.29, 0.717) is 17.5 Å². The van der Waals surface area contributed by atoms with E-state index in [4.69, 9.17) is 27.0 Å². The number of hydrogen-bond donors (Lipinski definition) is 0. The Morgan fingerprint density at radius 1 is 1.30 bits per heavy atom. The summed E-state index contributed by atoms with van der Waals surface area (Å²) in [6, 6.07) is 4.45. The number of hydrogen-bond acceptors (Lipinski definition) is 3. The van der Waals surface area contributed by atoms with Crippen LogP contribution in [0.15, 0.2) is 23.1 Å². The SMILES string of the molecule is CCCCC(CC)COc1ccc(Cl)cc1S(=O)(=O)Cl. The van der Waals surface area contributed by atoms with Gasteiger partial charge in [0.25, 0.3) is 9.05 Å². The normalized spacial score (nSPS) is 13.2. The molecule has 0 fully saturated rings. The molecule has 0 heterocycles. The van der Waals surface area contributed by atoms with E-state index in [9.17, 15) is 8.42 Å². The average Bonchev–Trinajstić information content (AvgIpc) is 2.39. The van der Waals surface area contributed by atoms with Gasteiger partial charge in [-0.3, -0.25) is 0 Å². The molecule has 0 aliphatic carbocycles. The Bertz CT molecular complexity index is 529. The van der Waals surface area contributed by atoms with Gasteiger partial charge in [0.1, 0.15) is 10.6 Å². The molecule has 1 aromatic rings. The maximum atomic E-state index is 11.5. The second-order valence-electron chi connectivity index (χ2n) is 4.76. The van der Waals surface area contributed by atoms with Gasteiger partial charge in [-0.1, -0.05) is 44.7 Å². The van der Waals surface area contributed by atoms with Gasteiger partial charge in [0.15, 0.2) is 0 Å². The van der Waals surface area contributed by atoms with Gasteiger partial charge in [0.05, 0.1) is 6.61 Å². The van der Waals surface area contributed by atoms with Crippen molar-refractivity contribution in [1.29, 1.82) is 0 Å². The Hall–Kier alpha value is -0.450. The van der Waals surface area contributed by atoms with Crippen LogP contribution in [-0.4, -0.2) is 15.0 Å². The van der Waals surface area contributed by atoms with Crippen molar-refractivity contribution < 1.29 is 13.2 Å². The lowest BCUT2D eigenvalue weighted by atomic mass is 10.0. The highest BCUT2D eigenvalue weighted by molar-refractivity contribution is 8.13. The third-order valence-electron chi connectivity index (χ3n) is 3.19. The maximum absolute atomic E-state index is 11.5. The Kier molecular flexibility index (Phi) is 7.13. The van der Waals surface area contributed by atoms with Crippen molar-refractivity contribution >= 4 is 31.3 Å². The zero-order valence-electron chi connectivity index (χ0n) is 11.7. The van der Waals surface area contributed by atoms with Crippen molar-refractivity contribution in [2.24, 2.45) is 5.92 Å². The monoisotopic (exact) mass is 338 g/mol. The summed E-state index contributed by atoms with van der Waals surface area (Å²) in [6.07, 6.45) is 4.35. The van der Waals surface area contributed by atoms with Gasteiger partial charge in [-0.15, -0.1) is 0 Å². The van der Waals surface area contributed by atoms with Crippen molar-refractivity contribution in [1.82, 2.24) is 0 Å². The lowest BCUT2D eigenvalue weighted by molar-refractivity contribution is 0.228. The highest BCUT2D eigenvalue weighted by atomic mass is 35.7. The minimum absolute atomic E-state index is 0.0722. The van der Waals surface area contributed by atoms with Gasteiger partial charge in [-0.2, -0.15) is 0 Å². The number of rotatable bonds is 8. The first kappa shape index (κ1) is 17.6. The molecule has 0 radical (unpaired) electrons. The fraction of sp³-hybridized carbons (Fsp3) is 0.571. The van der Waals surface area contributed by atoms with E-state index < -0.39 is 9.05 Å². The summed E-state index contributed by atoms with van der Waals surface area (Å²) >= 11 is 5.80. The van der Waals surface area contributed by atoms with Crippen LogP contribution in [0.25, 0.3) is 0 Å². The highest BCUT2D eigenvalue weighted by Gasteiger charge is 2.18. The van der Waals surface area contributed by atoms with Crippen LogP contribution in [0.4, 0.5) is 0 Å². The van der Waals surface area contributed by atoms with Gasteiger partial charge in [0, 0.05) is 15.7 Å². The fourth-order valence-corrected chi connectivity index (χ4v) is 3.13. The summed E-state index contributed by atoms with van der Waals surface area (Å²) < 4.78 is 28.7. The summed E-state index contributed by atoms with van der Waals surface area (Å²) in [6.45, 7) is 4.73. The maximum Gasteiger partial charge on any atom is 0.265 e. The molecule has 114 valence electrons. The molecule has 1 unspecified atom stereocenters. The summed E-state index contributed by atoms with van der Waals surface area (Å²) in [5.74, 6) is 0.677. The zero-order valence-corrected chi connectivity index (χ0v) is 14.1. The Morgan fingerprint density at radius 2 is 2.00 bits per heavy atom. The minimum Gasteiger partial charge on any atom is -0.492 e. The van der Waals surface area contributed by atoms with Crippen LogP contribution >= 0.6 is 22.3 Å². The molecule has 0 saturated carbocycles. The molecule has 0 aromatic heterocycles. The molecule has 1 atom stereocenters. The topological polar surface area (TPSA) is 43.4 Å². The minimum atomic E-state index is -3.86. The molecule has 0 aliphatic rings. The second kappa shape index (κ2) is 8.11. The first-order valence-electron chi connectivity index (χ1n) is 6.75. The van der Waals surface area contributed by atoms with Crippen LogP contribution in [0.2, 0.25) is 5.02 Å². The van der Waals surface area contributed by atoms with Crippen LogP contribution in [0, 0.1) is 5.92 Å². The smallest absolute Gasteiger partial charge is 0.265 e. The molecule has 0 saturated heterocycles. The lowest BCUT2D eigenvalue weighted by Crippen LogP contribution is -2.12. The molecule has 0 amide bonds. The molecule has 0 N–H and O–H groups in total. The van der Waals surface area contributed by atoms with Crippen LogP contribution in [0.5, 0.6) is 5.75 Å². The highest BCUT2D eigenvalue weighted by Crippen LogP contribution is 2.30. The van der Waals surface area contributed by atoms with E-state index in [1.807, 2.05) is 0 Å². The fourth-order valence-electron chi connectivity index (χ4n) is 1.90. The third-order valence-corrected chi connectivity index (χ3v) is 4.76. The standard InChI is InChI=1S/C14H20Cl2O3S/c1-3-5-6-11(4-2)10-19-13-8-7-12(15)9-14(13)20(16,17)18/h7-9,11H,3-6,10H2,1-2H3. The predicted molar refractivity (Wildman–Crippen MR) is 83.3 cm³/mol. The molecule has 1 rings (SSSR count). The van der Waals surface area contributed by atoms with E-state index in [-0.39, 0.29) is 10.6 Å². The third kappa shape index (κ3) is 5.51. The van der Waals surface area contributed by atoms with Crippen molar-refractivity contribution in [2.75, 3.05) is 6.61 Å². The molecule has 0 spiro atoms.